The highest BCUT2D eigenvalue weighted by molar-refractivity contribution is 6.06. The van der Waals surface area contributed by atoms with E-state index in [2.05, 4.69) is 4.99 Å². The Kier molecular flexibility index (Phi) is 4.87. The second-order valence-corrected chi connectivity index (χ2v) is 6.44. The van der Waals surface area contributed by atoms with Crippen LogP contribution >= 0.6 is 0 Å². The summed E-state index contributed by atoms with van der Waals surface area (Å²) in [6.45, 7) is 7.22. The van der Waals surface area contributed by atoms with Gasteiger partial charge in [-0.05, 0) is 27.7 Å². The van der Waals surface area contributed by atoms with Crippen LogP contribution < -0.4 is 0 Å². The minimum absolute atomic E-state index is 0.0619. The number of ketones is 1. The van der Waals surface area contributed by atoms with Crippen molar-refractivity contribution in [2.45, 2.75) is 52.2 Å². The predicted molar refractivity (Wildman–Crippen MR) is 83.1 cm³/mol. The Labute approximate surface area is 135 Å². The lowest BCUT2D eigenvalue weighted by atomic mass is 9.92. The summed E-state index contributed by atoms with van der Waals surface area (Å²) in [5, 5.41) is 0. The molecule has 1 amide bonds. The van der Waals surface area contributed by atoms with Gasteiger partial charge in [-0.25, -0.2) is 9.59 Å². The van der Waals surface area contributed by atoms with E-state index in [1.807, 2.05) is 0 Å². The molecule has 2 heterocycles. The monoisotopic (exact) mass is 322 g/mol. The van der Waals surface area contributed by atoms with E-state index in [-0.39, 0.29) is 31.8 Å². The summed E-state index contributed by atoms with van der Waals surface area (Å²) in [4.78, 5) is 42.2. The molecule has 7 nitrogen and oxygen atoms in total. The van der Waals surface area contributed by atoms with Gasteiger partial charge in [-0.2, -0.15) is 0 Å². The van der Waals surface area contributed by atoms with Gasteiger partial charge in [-0.3, -0.25) is 14.7 Å². The number of ether oxygens (including phenoxy) is 2. The lowest BCUT2D eigenvalue weighted by Crippen LogP contribution is -2.51. The number of hydrogen-bond donors (Lipinski definition) is 0. The number of carbonyl (C=O) groups is 3. The zero-order valence-electron chi connectivity index (χ0n) is 13.9. The molecule has 1 unspecified atom stereocenters. The summed E-state index contributed by atoms with van der Waals surface area (Å²) in [7, 11) is 0. The smallest absolute Gasteiger partial charge is 0.411 e. The van der Waals surface area contributed by atoms with Crippen molar-refractivity contribution in [3.05, 3.63) is 11.3 Å². The van der Waals surface area contributed by atoms with Crippen LogP contribution in [0.5, 0.6) is 0 Å². The second-order valence-electron chi connectivity index (χ2n) is 6.44. The normalized spacial score (nSPS) is 21.1. The standard InChI is InChI=1S/C16H22N2O5/c1-5-22-14(20)12-8-10-11(17-7-6-13(10)19)9-18(12)15(21)23-16(2,3)4/h7,12H,5-6,8-9H2,1-4H3. The Bertz CT molecular complexity index is 586. The maximum atomic E-state index is 12.4. The second kappa shape index (κ2) is 6.52. The Morgan fingerprint density at radius 1 is 1.39 bits per heavy atom. The fourth-order valence-corrected chi connectivity index (χ4v) is 2.51. The third-order valence-corrected chi connectivity index (χ3v) is 3.49. The van der Waals surface area contributed by atoms with Crippen LogP contribution in [0.25, 0.3) is 0 Å². The molecule has 23 heavy (non-hydrogen) atoms. The first-order valence-corrected chi connectivity index (χ1v) is 7.67. The quantitative estimate of drug-likeness (QED) is 0.724. The highest BCUT2D eigenvalue weighted by Gasteiger charge is 2.40. The summed E-state index contributed by atoms with van der Waals surface area (Å²) in [5.41, 5.74) is 0.342. The average Bonchev–Trinajstić information content (AvgIpc) is 2.45. The summed E-state index contributed by atoms with van der Waals surface area (Å²) >= 11 is 0. The van der Waals surface area contributed by atoms with Crippen LogP contribution in [0.4, 0.5) is 4.79 Å². The van der Waals surface area contributed by atoms with Crippen molar-refractivity contribution >= 4 is 24.1 Å². The first-order valence-electron chi connectivity index (χ1n) is 7.67. The predicted octanol–water partition coefficient (Wildman–Crippen LogP) is 1.86. The Morgan fingerprint density at radius 2 is 2.09 bits per heavy atom. The van der Waals surface area contributed by atoms with E-state index in [1.54, 1.807) is 27.7 Å². The molecule has 2 rings (SSSR count). The van der Waals surface area contributed by atoms with Crippen LogP contribution in [0.2, 0.25) is 0 Å². The van der Waals surface area contributed by atoms with E-state index in [4.69, 9.17) is 9.47 Å². The molecular weight excluding hydrogens is 300 g/mol. The van der Waals surface area contributed by atoms with Crippen LogP contribution in [-0.4, -0.2) is 53.8 Å². The van der Waals surface area contributed by atoms with Crippen molar-refractivity contribution in [2.75, 3.05) is 13.2 Å². The largest absolute Gasteiger partial charge is 0.464 e. The molecule has 1 atom stereocenters. The van der Waals surface area contributed by atoms with Crippen molar-refractivity contribution in [1.82, 2.24) is 4.90 Å². The van der Waals surface area contributed by atoms with E-state index < -0.39 is 23.7 Å². The molecule has 0 radical (unpaired) electrons. The number of hydrogen-bond acceptors (Lipinski definition) is 6. The summed E-state index contributed by atoms with van der Waals surface area (Å²) in [5.74, 6) is -0.597. The molecule has 0 aromatic rings. The molecule has 2 aliphatic rings. The highest BCUT2D eigenvalue weighted by atomic mass is 16.6. The third-order valence-electron chi connectivity index (χ3n) is 3.49. The summed E-state index contributed by atoms with van der Waals surface area (Å²) < 4.78 is 10.4. The van der Waals surface area contributed by atoms with Gasteiger partial charge in [0.25, 0.3) is 0 Å². The molecular formula is C16H22N2O5. The van der Waals surface area contributed by atoms with Gasteiger partial charge in [0.2, 0.25) is 0 Å². The van der Waals surface area contributed by atoms with Gasteiger partial charge in [0.15, 0.2) is 5.78 Å². The van der Waals surface area contributed by atoms with Gasteiger partial charge in [-0.1, -0.05) is 0 Å². The van der Waals surface area contributed by atoms with Crippen LogP contribution in [0.15, 0.2) is 16.3 Å². The van der Waals surface area contributed by atoms with Gasteiger partial charge in [0.1, 0.15) is 11.6 Å². The fraction of sp³-hybridized carbons (Fsp3) is 0.625. The van der Waals surface area contributed by atoms with Gasteiger partial charge in [0, 0.05) is 24.6 Å². The summed E-state index contributed by atoms with van der Waals surface area (Å²) in [6.07, 6.45) is 1.25. The molecule has 0 aromatic carbocycles. The SMILES string of the molecule is CCOC(=O)C1CC2=C(CN1C(=O)OC(C)(C)C)N=CCC2=O. The molecule has 126 valence electrons. The molecule has 0 saturated heterocycles. The Morgan fingerprint density at radius 3 is 2.70 bits per heavy atom. The molecule has 7 heteroatoms. The first-order chi connectivity index (χ1) is 10.7. The lowest BCUT2D eigenvalue weighted by Gasteiger charge is -2.36. The van der Waals surface area contributed by atoms with Crippen molar-refractivity contribution in [1.29, 1.82) is 0 Å². The molecule has 0 aromatic heterocycles. The number of nitrogens with zero attached hydrogens (tertiary/aromatic N) is 2. The van der Waals surface area contributed by atoms with E-state index in [9.17, 15) is 14.4 Å². The molecule has 0 aliphatic carbocycles. The maximum Gasteiger partial charge on any atom is 0.411 e. The van der Waals surface area contributed by atoms with Gasteiger partial charge >= 0.3 is 12.1 Å². The number of carbonyl (C=O) groups excluding carboxylic acids is 3. The van der Waals surface area contributed by atoms with Crippen molar-refractivity contribution in [2.24, 2.45) is 4.99 Å². The topological polar surface area (TPSA) is 85.3 Å². The van der Waals surface area contributed by atoms with Gasteiger partial charge in [0.05, 0.1) is 18.8 Å². The molecule has 0 bridgehead atoms. The zero-order valence-corrected chi connectivity index (χ0v) is 13.9. The number of aliphatic imine (C=N–C) groups is 1. The third kappa shape index (κ3) is 3.97. The lowest BCUT2D eigenvalue weighted by molar-refractivity contribution is -0.149. The number of amides is 1. The molecule has 0 fully saturated rings. The molecule has 2 aliphatic heterocycles. The van der Waals surface area contributed by atoms with Crippen LogP contribution in [0.1, 0.15) is 40.5 Å². The van der Waals surface area contributed by atoms with E-state index >= 15 is 0 Å². The van der Waals surface area contributed by atoms with E-state index in [0.717, 1.165) is 0 Å². The van der Waals surface area contributed by atoms with Gasteiger partial charge < -0.3 is 9.47 Å². The summed E-state index contributed by atoms with van der Waals surface area (Å²) in [6, 6.07) is -0.860. The first kappa shape index (κ1) is 17.2. The van der Waals surface area contributed by atoms with Crippen molar-refractivity contribution < 1.29 is 23.9 Å². The fourth-order valence-electron chi connectivity index (χ4n) is 2.51. The molecule has 0 saturated carbocycles. The van der Waals surface area contributed by atoms with E-state index in [0.29, 0.717) is 11.3 Å². The van der Waals surface area contributed by atoms with Crippen molar-refractivity contribution in [3.63, 3.8) is 0 Å². The van der Waals surface area contributed by atoms with Crippen molar-refractivity contribution in [3.8, 4) is 0 Å². The zero-order chi connectivity index (χ0) is 17.2. The highest BCUT2D eigenvalue weighted by Crippen LogP contribution is 2.29. The van der Waals surface area contributed by atoms with Gasteiger partial charge in [-0.15, -0.1) is 0 Å². The number of esters is 1. The number of rotatable bonds is 2. The van der Waals surface area contributed by atoms with Crippen LogP contribution in [0, 0.1) is 0 Å². The van der Waals surface area contributed by atoms with Crippen LogP contribution in [-0.2, 0) is 19.1 Å². The minimum Gasteiger partial charge on any atom is -0.464 e. The van der Waals surface area contributed by atoms with Crippen LogP contribution in [0.3, 0.4) is 0 Å². The Balaban J connectivity index is 2.30. The molecule has 0 N–H and O–H groups in total. The Hall–Kier alpha value is -2.18. The average molecular weight is 322 g/mol. The van der Waals surface area contributed by atoms with E-state index in [1.165, 1.54) is 11.1 Å². The number of Topliss-reactive ketones (excluding diaryl/α,β-unsaturated/α-hetero) is 1. The maximum absolute atomic E-state index is 12.4. The minimum atomic E-state index is -0.860. The molecule has 0 spiro atoms.